The highest BCUT2D eigenvalue weighted by Gasteiger charge is 2.12. The summed E-state index contributed by atoms with van der Waals surface area (Å²) in [6.07, 6.45) is 8.08. The summed E-state index contributed by atoms with van der Waals surface area (Å²) in [6.45, 7) is 7.48. The molecular formula is C22H28NO2+. The van der Waals surface area contributed by atoms with Crippen LogP contribution in [-0.4, -0.2) is 11.1 Å². The number of carbonyl (C=O) groups is 1. The second-order valence-electron chi connectivity index (χ2n) is 7.38. The van der Waals surface area contributed by atoms with Crippen LogP contribution < -0.4 is 4.57 Å². The molecule has 0 aliphatic carbocycles. The monoisotopic (exact) mass is 338 g/mol. The number of carboxylic acids is 1. The molecule has 0 bridgehead atoms. The van der Waals surface area contributed by atoms with Crippen molar-refractivity contribution in [1.82, 2.24) is 0 Å². The van der Waals surface area contributed by atoms with Gasteiger partial charge in [0.1, 0.15) is 6.54 Å². The molecule has 1 heterocycles. The first-order valence-electron chi connectivity index (χ1n) is 8.85. The fourth-order valence-corrected chi connectivity index (χ4v) is 2.68. The van der Waals surface area contributed by atoms with E-state index in [1.807, 2.05) is 18.3 Å². The van der Waals surface area contributed by atoms with Gasteiger partial charge in [0.15, 0.2) is 6.20 Å². The van der Waals surface area contributed by atoms with Crippen molar-refractivity contribution in [3.63, 3.8) is 0 Å². The molecule has 0 aliphatic rings. The van der Waals surface area contributed by atoms with Gasteiger partial charge in [-0.25, -0.2) is 0 Å². The van der Waals surface area contributed by atoms with Crippen molar-refractivity contribution >= 4 is 18.1 Å². The summed E-state index contributed by atoms with van der Waals surface area (Å²) in [5.74, 6) is -0.725. The molecule has 1 aromatic heterocycles. The Kier molecular flexibility index (Phi) is 6.51. The third-order valence-electron chi connectivity index (χ3n) is 4.24. The quantitative estimate of drug-likeness (QED) is 0.587. The number of hydrogen-bond acceptors (Lipinski definition) is 1. The van der Waals surface area contributed by atoms with E-state index in [0.717, 1.165) is 18.7 Å². The number of unbranched alkanes of at least 4 members (excludes halogenated alkanes) is 1. The van der Waals surface area contributed by atoms with Gasteiger partial charge >= 0.3 is 5.97 Å². The Labute approximate surface area is 150 Å². The number of aryl methyl sites for hydroxylation is 1. The second-order valence-corrected chi connectivity index (χ2v) is 7.38. The van der Waals surface area contributed by atoms with E-state index in [2.05, 4.69) is 67.8 Å². The lowest BCUT2D eigenvalue weighted by atomic mass is 9.87. The van der Waals surface area contributed by atoms with Crippen molar-refractivity contribution in [2.24, 2.45) is 0 Å². The van der Waals surface area contributed by atoms with Crippen LogP contribution in [0, 0.1) is 0 Å². The predicted molar refractivity (Wildman–Crippen MR) is 102 cm³/mol. The molecular weight excluding hydrogens is 310 g/mol. The zero-order chi connectivity index (χ0) is 18.3. The molecule has 25 heavy (non-hydrogen) atoms. The van der Waals surface area contributed by atoms with Crippen LogP contribution in [0.5, 0.6) is 0 Å². The summed E-state index contributed by atoms with van der Waals surface area (Å²) >= 11 is 0. The summed E-state index contributed by atoms with van der Waals surface area (Å²) < 4.78 is 2.17. The second kappa shape index (κ2) is 8.61. The first-order chi connectivity index (χ1) is 11.9. The predicted octanol–water partition coefficient (Wildman–Crippen LogP) is 4.70. The number of pyridine rings is 1. The average molecular weight is 338 g/mol. The molecule has 0 radical (unpaired) electrons. The molecule has 0 atom stereocenters. The number of aliphatic carboxylic acids is 1. The molecule has 2 rings (SSSR count). The van der Waals surface area contributed by atoms with Crippen LogP contribution in [0.3, 0.4) is 0 Å². The van der Waals surface area contributed by atoms with Gasteiger partial charge in [0.25, 0.3) is 0 Å². The van der Waals surface area contributed by atoms with E-state index in [-0.39, 0.29) is 11.8 Å². The molecule has 3 heteroatoms. The van der Waals surface area contributed by atoms with E-state index in [0.29, 0.717) is 6.42 Å². The van der Waals surface area contributed by atoms with Gasteiger partial charge in [0.05, 0.1) is 0 Å². The minimum Gasteiger partial charge on any atom is -0.481 e. The van der Waals surface area contributed by atoms with Crippen LogP contribution in [-0.2, 0) is 16.8 Å². The van der Waals surface area contributed by atoms with Crippen LogP contribution >= 0.6 is 0 Å². The Bertz CT molecular complexity index is 724. The number of benzene rings is 1. The lowest BCUT2D eigenvalue weighted by molar-refractivity contribution is -0.699. The van der Waals surface area contributed by atoms with Crippen LogP contribution in [0.25, 0.3) is 12.2 Å². The number of aromatic nitrogens is 1. The summed E-state index contributed by atoms with van der Waals surface area (Å²) in [6, 6.07) is 14.8. The smallest absolute Gasteiger partial charge is 0.303 e. The molecule has 0 fully saturated rings. The molecule has 0 unspecified atom stereocenters. The topological polar surface area (TPSA) is 41.2 Å². The summed E-state index contributed by atoms with van der Waals surface area (Å²) in [7, 11) is 0. The van der Waals surface area contributed by atoms with Crippen LogP contribution in [0.2, 0.25) is 0 Å². The molecule has 0 saturated carbocycles. The lowest BCUT2D eigenvalue weighted by Crippen LogP contribution is -2.36. The first kappa shape index (κ1) is 18.9. The summed E-state index contributed by atoms with van der Waals surface area (Å²) in [4.78, 5) is 10.6. The van der Waals surface area contributed by atoms with Crippen LogP contribution in [0.1, 0.15) is 56.9 Å². The molecule has 1 aromatic carbocycles. The Morgan fingerprint density at radius 3 is 2.40 bits per heavy atom. The van der Waals surface area contributed by atoms with E-state index in [1.54, 1.807) is 0 Å². The van der Waals surface area contributed by atoms with E-state index in [1.165, 1.54) is 11.1 Å². The Morgan fingerprint density at radius 1 is 1.04 bits per heavy atom. The first-order valence-corrected chi connectivity index (χ1v) is 8.85. The van der Waals surface area contributed by atoms with Gasteiger partial charge in [-0.15, -0.1) is 0 Å². The van der Waals surface area contributed by atoms with E-state index < -0.39 is 5.97 Å². The number of nitrogens with zero attached hydrogens (tertiary/aromatic N) is 1. The fraction of sp³-hybridized carbons (Fsp3) is 0.364. The fourth-order valence-electron chi connectivity index (χ4n) is 2.68. The van der Waals surface area contributed by atoms with E-state index in [9.17, 15) is 4.79 Å². The standard InChI is InChI=1S/C22H27NO2/c1-22(2,3)19-13-10-18(11-14-19)12-15-20-8-4-6-16-23(20)17-7-5-9-21(24)25/h4,6,8,10-16H,5,7,9,17H2,1-3H3/p+1/b15-12+. The van der Waals surface area contributed by atoms with Gasteiger partial charge in [0, 0.05) is 31.1 Å². The molecule has 3 nitrogen and oxygen atoms in total. The van der Waals surface area contributed by atoms with Gasteiger partial charge in [-0.1, -0.05) is 45.0 Å². The number of hydrogen-bond donors (Lipinski definition) is 1. The highest BCUT2D eigenvalue weighted by Crippen LogP contribution is 2.22. The Balaban J connectivity index is 2.04. The third-order valence-corrected chi connectivity index (χ3v) is 4.24. The summed E-state index contributed by atoms with van der Waals surface area (Å²) in [5, 5.41) is 8.73. The van der Waals surface area contributed by atoms with Crippen molar-refractivity contribution in [2.75, 3.05) is 0 Å². The van der Waals surface area contributed by atoms with Gasteiger partial charge in [-0.05, 0) is 35.1 Å². The zero-order valence-electron chi connectivity index (χ0n) is 15.4. The van der Waals surface area contributed by atoms with Gasteiger partial charge in [-0.2, -0.15) is 4.57 Å². The molecule has 0 aliphatic heterocycles. The SMILES string of the molecule is CC(C)(C)c1ccc(/C=C/c2cccc[n+]2CCCCC(=O)O)cc1. The average Bonchev–Trinajstić information content (AvgIpc) is 2.57. The molecule has 1 N–H and O–H groups in total. The minimum absolute atomic E-state index is 0.167. The molecule has 132 valence electrons. The van der Waals surface area contributed by atoms with Crippen molar-refractivity contribution in [3.05, 3.63) is 65.5 Å². The molecule has 0 spiro atoms. The van der Waals surface area contributed by atoms with E-state index in [4.69, 9.17) is 5.11 Å². The number of rotatable bonds is 7. The van der Waals surface area contributed by atoms with E-state index >= 15 is 0 Å². The minimum atomic E-state index is -0.725. The van der Waals surface area contributed by atoms with Crippen molar-refractivity contribution in [2.45, 2.75) is 52.0 Å². The van der Waals surface area contributed by atoms with Gasteiger partial charge in [0.2, 0.25) is 5.69 Å². The maximum atomic E-state index is 10.6. The maximum Gasteiger partial charge on any atom is 0.303 e. The Morgan fingerprint density at radius 2 is 1.76 bits per heavy atom. The highest BCUT2D eigenvalue weighted by molar-refractivity contribution is 5.67. The number of carboxylic acid groups (broad SMARTS) is 1. The normalized spacial score (nSPS) is 11.8. The maximum absolute atomic E-state index is 10.6. The molecule has 2 aromatic rings. The third kappa shape index (κ3) is 6.18. The van der Waals surface area contributed by atoms with Crippen LogP contribution in [0.15, 0.2) is 48.7 Å². The lowest BCUT2D eigenvalue weighted by Gasteiger charge is -2.18. The summed E-state index contributed by atoms with van der Waals surface area (Å²) in [5.41, 5.74) is 3.80. The van der Waals surface area contributed by atoms with Crippen molar-refractivity contribution in [1.29, 1.82) is 0 Å². The van der Waals surface area contributed by atoms with Crippen LogP contribution in [0.4, 0.5) is 0 Å². The molecule has 0 amide bonds. The molecule has 0 saturated heterocycles. The highest BCUT2D eigenvalue weighted by atomic mass is 16.4. The Hall–Kier alpha value is -2.42. The van der Waals surface area contributed by atoms with Crippen molar-refractivity contribution in [3.8, 4) is 0 Å². The van der Waals surface area contributed by atoms with Crippen molar-refractivity contribution < 1.29 is 14.5 Å². The van der Waals surface area contributed by atoms with Gasteiger partial charge < -0.3 is 5.11 Å². The van der Waals surface area contributed by atoms with Gasteiger partial charge in [-0.3, -0.25) is 4.79 Å². The zero-order valence-corrected chi connectivity index (χ0v) is 15.4. The largest absolute Gasteiger partial charge is 0.481 e.